The lowest BCUT2D eigenvalue weighted by molar-refractivity contribution is 0.386. The highest BCUT2D eigenvalue weighted by Crippen LogP contribution is 2.42. The Bertz CT molecular complexity index is 1920. The molecule has 4 aromatic rings. The summed E-state index contributed by atoms with van der Waals surface area (Å²) in [5, 5.41) is 7.83. The molecule has 266 valence electrons. The van der Waals surface area contributed by atoms with E-state index in [0.29, 0.717) is 83.0 Å². The van der Waals surface area contributed by atoms with Crippen molar-refractivity contribution in [3.05, 3.63) is 82.0 Å². The fourth-order valence-electron chi connectivity index (χ4n) is 6.46. The van der Waals surface area contributed by atoms with Gasteiger partial charge in [-0.25, -0.2) is 21.8 Å². The van der Waals surface area contributed by atoms with Gasteiger partial charge in [0.15, 0.2) is 0 Å². The van der Waals surface area contributed by atoms with E-state index in [4.69, 9.17) is 37.7 Å². The molecule has 2 aromatic carbocycles. The molecule has 0 unspecified atom stereocenters. The first-order valence-electron chi connectivity index (χ1n) is 16.5. The van der Waals surface area contributed by atoms with Gasteiger partial charge in [0.05, 0.1) is 58.7 Å². The van der Waals surface area contributed by atoms with Crippen LogP contribution < -0.4 is 20.1 Å². The highest BCUT2D eigenvalue weighted by atomic mass is 35.5. The number of nitrogens with zero attached hydrogens (tertiary/aromatic N) is 2. The van der Waals surface area contributed by atoms with Crippen LogP contribution in [0.5, 0.6) is 11.6 Å². The topological polar surface area (TPSA) is 137 Å². The largest absolute Gasteiger partial charge is 0.496 e. The van der Waals surface area contributed by atoms with E-state index in [2.05, 4.69) is 15.6 Å². The van der Waals surface area contributed by atoms with Gasteiger partial charge in [0.25, 0.3) is 0 Å². The summed E-state index contributed by atoms with van der Waals surface area (Å²) in [5.74, 6) is 1.96. The van der Waals surface area contributed by atoms with E-state index in [1.165, 1.54) is 0 Å². The molecule has 0 radical (unpaired) electrons. The van der Waals surface area contributed by atoms with E-state index in [0.717, 1.165) is 22.3 Å². The molecule has 6 rings (SSSR count). The van der Waals surface area contributed by atoms with Gasteiger partial charge in [-0.2, -0.15) is 0 Å². The smallest absolute Gasteiger partial charge is 0.218 e. The number of sulfone groups is 2. The number of hydrogen-bond donors (Lipinski definition) is 2. The van der Waals surface area contributed by atoms with Gasteiger partial charge in [0, 0.05) is 64.8 Å². The molecule has 2 N–H and O–H groups in total. The second kappa shape index (κ2) is 15.5. The van der Waals surface area contributed by atoms with Crippen LogP contribution in [0.3, 0.4) is 0 Å². The third-order valence-corrected chi connectivity index (χ3v) is 13.6. The molecular weight excluding hydrogens is 719 g/mol. The van der Waals surface area contributed by atoms with Crippen LogP contribution in [-0.4, -0.2) is 76.1 Å². The van der Waals surface area contributed by atoms with Gasteiger partial charge in [-0.1, -0.05) is 59.6 Å². The minimum Gasteiger partial charge on any atom is -0.496 e. The maximum absolute atomic E-state index is 11.8. The van der Waals surface area contributed by atoms with E-state index >= 15 is 0 Å². The van der Waals surface area contributed by atoms with Crippen LogP contribution in [0.25, 0.3) is 33.6 Å². The fourth-order valence-corrected chi connectivity index (χ4v) is 10.1. The molecule has 14 heteroatoms. The van der Waals surface area contributed by atoms with E-state index in [-0.39, 0.29) is 35.1 Å². The predicted molar refractivity (Wildman–Crippen MR) is 198 cm³/mol. The zero-order valence-corrected chi connectivity index (χ0v) is 31.1. The predicted octanol–water partition coefficient (Wildman–Crippen LogP) is 6.14. The second-order valence-corrected chi connectivity index (χ2v) is 18.1. The second-order valence-electron chi connectivity index (χ2n) is 12.7. The fraction of sp³-hybridized carbons (Fsp3) is 0.389. The first-order chi connectivity index (χ1) is 24.0. The number of pyridine rings is 2. The first-order valence-corrected chi connectivity index (χ1v) is 20.9. The number of halogens is 2. The van der Waals surface area contributed by atoms with Gasteiger partial charge < -0.3 is 20.1 Å². The van der Waals surface area contributed by atoms with Gasteiger partial charge in [0.1, 0.15) is 25.4 Å². The van der Waals surface area contributed by atoms with Crippen molar-refractivity contribution in [1.29, 1.82) is 0 Å². The number of aromatic nitrogens is 2. The molecule has 0 spiro atoms. The summed E-state index contributed by atoms with van der Waals surface area (Å²) in [6, 6.07) is 17.5. The van der Waals surface area contributed by atoms with Gasteiger partial charge in [-0.15, -0.1) is 0 Å². The average Bonchev–Trinajstić information content (AvgIpc) is 3.11. The Morgan fingerprint density at radius 3 is 1.92 bits per heavy atom. The average molecular weight is 760 g/mol. The Hall–Kier alpha value is -3.26. The summed E-state index contributed by atoms with van der Waals surface area (Å²) < 4.78 is 58.6. The van der Waals surface area contributed by atoms with Gasteiger partial charge in [0.2, 0.25) is 5.88 Å². The summed E-state index contributed by atoms with van der Waals surface area (Å²) in [4.78, 5) is 9.38. The molecule has 2 saturated heterocycles. The normalized spacial score (nSPS) is 17.8. The van der Waals surface area contributed by atoms with Crippen LogP contribution in [0.15, 0.2) is 60.8 Å². The summed E-state index contributed by atoms with van der Waals surface area (Å²) >= 11 is 14.1. The first kappa shape index (κ1) is 36.5. The van der Waals surface area contributed by atoms with Crippen molar-refractivity contribution < 1.29 is 26.3 Å². The van der Waals surface area contributed by atoms with Crippen LogP contribution in [0.4, 0.5) is 0 Å². The Morgan fingerprint density at radius 1 is 0.720 bits per heavy atom. The minimum atomic E-state index is -2.93. The maximum Gasteiger partial charge on any atom is 0.218 e. The standard InChI is InChI=1S/C36H40Cl2N4O6S2/c1-47-32-20-23(6-7-24(32)21-40-26-11-16-49(43,44)17-12-26)35-34(38)29(10-15-39-35)28-4-3-5-30(33(28)37)31-9-8-25(36(42-31)48-2)22-41-27-13-18-50(45,46)19-14-27/h3-10,15,20,26-27,40-41H,11-14,16-19,21-22H2,1-2H3. The molecular formula is C36H40Cl2N4O6S2. The monoisotopic (exact) mass is 758 g/mol. The Balaban J connectivity index is 1.21. The molecule has 2 fully saturated rings. The summed E-state index contributed by atoms with van der Waals surface area (Å²) in [7, 11) is -2.67. The molecule has 10 nitrogen and oxygen atoms in total. The van der Waals surface area contributed by atoms with Gasteiger partial charge in [-0.05, 0) is 43.9 Å². The SMILES string of the molecule is COc1cc(-c2nccc(-c3cccc(-c4ccc(CNC5CCS(=O)(=O)CC5)c(OC)n4)c3Cl)c2Cl)ccc1CNC1CCS(=O)(=O)CC1. The van der Waals surface area contributed by atoms with Crippen LogP contribution in [0.1, 0.15) is 36.8 Å². The van der Waals surface area contributed by atoms with Crippen molar-refractivity contribution in [2.45, 2.75) is 50.9 Å². The number of methoxy groups -OCH3 is 2. The number of ether oxygens (including phenoxy) is 2. The van der Waals surface area contributed by atoms with Crippen LogP contribution >= 0.6 is 23.2 Å². The molecule has 2 aliphatic rings. The molecule has 50 heavy (non-hydrogen) atoms. The van der Waals surface area contributed by atoms with Gasteiger partial charge in [-0.3, -0.25) is 4.98 Å². The molecule has 0 atom stereocenters. The highest BCUT2D eigenvalue weighted by Gasteiger charge is 2.25. The molecule has 2 aromatic heterocycles. The zero-order chi connectivity index (χ0) is 35.5. The number of nitrogens with one attached hydrogen (secondary N) is 2. The van der Waals surface area contributed by atoms with E-state index < -0.39 is 19.7 Å². The lowest BCUT2D eigenvalue weighted by atomic mass is 9.99. The Labute approximate surface area is 303 Å². The van der Waals surface area contributed by atoms with Crippen molar-refractivity contribution >= 4 is 42.9 Å². The number of hydrogen-bond acceptors (Lipinski definition) is 10. The van der Waals surface area contributed by atoms with E-state index in [9.17, 15) is 16.8 Å². The van der Waals surface area contributed by atoms with Gasteiger partial charge >= 0.3 is 0 Å². The molecule has 0 amide bonds. The summed E-state index contributed by atoms with van der Waals surface area (Å²) in [6.45, 7) is 1.04. The molecule has 0 bridgehead atoms. The summed E-state index contributed by atoms with van der Waals surface area (Å²) in [6.07, 6.45) is 4.08. The van der Waals surface area contributed by atoms with Crippen molar-refractivity contribution in [3.8, 4) is 45.3 Å². The minimum absolute atomic E-state index is 0.122. The molecule has 0 saturated carbocycles. The van der Waals surface area contributed by atoms with E-state index in [1.54, 1.807) is 20.4 Å². The van der Waals surface area contributed by atoms with Crippen LogP contribution in [0, 0.1) is 0 Å². The third-order valence-electron chi connectivity index (χ3n) is 9.42. The Morgan fingerprint density at radius 2 is 1.30 bits per heavy atom. The number of benzene rings is 2. The lowest BCUT2D eigenvalue weighted by Gasteiger charge is -2.23. The lowest BCUT2D eigenvalue weighted by Crippen LogP contribution is -2.37. The highest BCUT2D eigenvalue weighted by molar-refractivity contribution is 7.91. The van der Waals surface area contributed by atoms with Crippen LogP contribution in [0.2, 0.25) is 10.0 Å². The maximum atomic E-state index is 11.8. The van der Waals surface area contributed by atoms with Crippen molar-refractivity contribution in [1.82, 2.24) is 20.6 Å². The zero-order valence-electron chi connectivity index (χ0n) is 27.9. The Kier molecular flexibility index (Phi) is 11.4. The third kappa shape index (κ3) is 8.43. The molecule has 0 aliphatic carbocycles. The van der Waals surface area contributed by atoms with Crippen molar-refractivity contribution in [2.24, 2.45) is 0 Å². The van der Waals surface area contributed by atoms with E-state index in [1.807, 2.05) is 54.6 Å². The quantitative estimate of drug-likeness (QED) is 0.184. The summed E-state index contributed by atoms with van der Waals surface area (Å²) in [5.41, 5.74) is 5.94. The molecule has 4 heterocycles. The number of rotatable bonds is 11. The van der Waals surface area contributed by atoms with Crippen molar-refractivity contribution in [3.63, 3.8) is 0 Å². The molecule has 2 aliphatic heterocycles. The van der Waals surface area contributed by atoms with Crippen molar-refractivity contribution in [2.75, 3.05) is 37.2 Å². The van der Waals surface area contributed by atoms with Crippen LogP contribution in [-0.2, 0) is 32.8 Å².